The van der Waals surface area contributed by atoms with Crippen LogP contribution in [0.5, 0.6) is 0 Å². The molecule has 6 nitrogen and oxygen atoms in total. The Morgan fingerprint density at radius 3 is 2.93 bits per heavy atom. The lowest BCUT2D eigenvalue weighted by atomic mass is 10.2. The van der Waals surface area contributed by atoms with Crippen molar-refractivity contribution in [3.8, 4) is 11.4 Å². The van der Waals surface area contributed by atoms with Crippen molar-refractivity contribution in [2.75, 3.05) is 0 Å². The second-order valence-corrected chi connectivity index (χ2v) is 2.46. The fourth-order valence-electron chi connectivity index (χ4n) is 1.09. The third kappa shape index (κ3) is 1.41. The number of aromatic nitrogens is 4. The zero-order valence-electron chi connectivity index (χ0n) is 7.01. The summed E-state index contributed by atoms with van der Waals surface area (Å²) in [6, 6.07) is 6.99. The molecule has 0 unspecified atom stereocenters. The Kier molecular flexibility index (Phi) is 2.12. The van der Waals surface area contributed by atoms with Crippen molar-refractivity contribution in [1.29, 1.82) is 0 Å². The van der Waals surface area contributed by atoms with Gasteiger partial charge in [0.05, 0.1) is 5.69 Å². The zero-order chi connectivity index (χ0) is 9.80. The van der Waals surface area contributed by atoms with Gasteiger partial charge in [-0.15, -0.1) is 10.2 Å². The number of isocyanates is 1. The molecule has 0 aliphatic heterocycles. The van der Waals surface area contributed by atoms with Gasteiger partial charge in [-0.25, -0.2) is 4.79 Å². The molecule has 0 radical (unpaired) electrons. The summed E-state index contributed by atoms with van der Waals surface area (Å²) < 4.78 is 0. The molecule has 0 fully saturated rings. The maximum atomic E-state index is 10.1. The predicted molar refractivity (Wildman–Crippen MR) is 47.4 cm³/mol. The molecular formula is C8H5N5O. The molecule has 1 N–H and O–H groups in total. The van der Waals surface area contributed by atoms with Crippen molar-refractivity contribution in [3.05, 3.63) is 24.3 Å². The molecule has 0 aliphatic carbocycles. The molecule has 6 heteroatoms. The predicted octanol–water partition coefficient (Wildman–Crippen LogP) is 0.834. The molecule has 1 aromatic heterocycles. The number of aromatic amines is 1. The molecule has 1 heterocycles. The molecule has 0 bridgehead atoms. The van der Waals surface area contributed by atoms with Crippen LogP contribution in [0.4, 0.5) is 5.69 Å². The molecule has 2 rings (SSSR count). The average Bonchev–Trinajstić information content (AvgIpc) is 2.72. The van der Waals surface area contributed by atoms with Crippen LogP contribution in [-0.2, 0) is 4.79 Å². The van der Waals surface area contributed by atoms with E-state index in [0.29, 0.717) is 17.1 Å². The molecule has 0 amide bonds. The van der Waals surface area contributed by atoms with Gasteiger partial charge >= 0.3 is 0 Å². The van der Waals surface area contributed by atoms with Gasteiger partial charge in [0, 0.05) is 5.56 Å². The Morgan fingerprint density at radius 2 is 2.21 bits per heavy atom. The molecule has 68 valence electrons. The molecule has 0 saturated carbocycles. The van der Waals surface area contributed by atoms with Crippen molar-refractivity contribution >= 4 is 11.8 Å². The molecule has 2 aromatic rings. The van der Waals surface area contributed by atoms with Gasteiger partial charge in [-0.1, -0.05) is 12.1 Å². The van der Waals surface area contributed by atoms with E-state index in [1.54, 1.807) is 24.3 Å². The van der Waals surface area contributed by atoms with Gasteiger partial charge in [0.15, 0.2) is 0 Å². The third-order valence-electron chi connectivity index (χ3n) is 1.66. The number of benzene rings is 1. The number of nitrogens with one attached hydrogen (secondary N) is 1. The van der Waals surface area contributed by atoms with Crippen LogP contribution < -0.4 is 0 Å². The standard InChI is InChI=1S/C8H5N5O/c14-5-9-7-4-2-1-3-6(7)8-10-12-13-11-8/h1-4H,(H,10,11,12,13). The average molecular weight is 187 g/mol. The van der Waals surface area contributed by atoms with Gasteiger partial charge in [0.1, 0.15) is 0 Å². The van der Waals surface area contributed by atoms with Gasteiger partial charge in [-0.05, 0) is 17.3 Å². The lowest BCUT2D eigenvalue weighted by Gasteiger charge is -1.96. The largest absolute Gasteiger partial charge is 0.240 e. The summed E-state index contributed by atoms with van der Waals surface area (Å²) in [5.41, 5.74) is 1.12. The quantitative estimate of drug-likeness (QED) is 0.557. The van der Waals surface area contributed by atoms with E-state index in [-0.39, 0.29) is 0 Å². The van der Waals surface area contributed by atoms with Crippen molar-refractivity contribution in [2.45, 2.75) is 0 Å². The molecule has 0 aliphatic rings. The third-order valence-corrected chi connectivity index (χ3v) is 1.66. The minimum absolute atomic E-state index is 0.402. The Bertz CT molecular complexity index is 472. The summed E-state index contributed by atoms with van der Waals surface area (Å²) >= 11 is 0. The SMILES string of the molecule is O=C=Nc1ccccc1-c1nn[nH]n1. The highest BCUT2D eigenvalue weighted by Gasteiger charge is 2.07. The number of tetrazole rings is 1. The van der Waals surface area contributed by atoms with Crippen LogP contribution >= 0.6 is 0 Å². The van der Waals surface area contributed by atoms with Crippen molar-refractivity contribution in [3.63, 3.8) is 0 Å². The number of rotatable bonds is 2. The van der Waals surface area contributed by atoms with Crippen molar-refractivity contribution in [2.24, 2.45) is 4.99 Å². The van der Waals surface area contributed by atoms with E-state index in [1.807, 2.05) is 0 Å². The van der Waals surface area contributed by atoms with Gasteiger partial charge < -0.3 is 0 Å². The highest BCUT2D eigenvalue weighted by Crippen LogP contribution is 2.25. The molecule has 1 aromatic carbocycles. The molecule has 0 saturated heterocycles. The maximum Gasteiger partial charge on any atom is 0.240 e. The van der Waals surface area contributed by atoms with Crippen LogP contribution in [0.2, 0.25) is 0 Å². The van der Waals surface area contributed by atoms with Crippen LogP contribution in [0, 0.1) is 0 Å². The Labute approximate surface area is 78.7 Å². The number of H-pyrrole nitrogens is 1. The number of hydrogen-bond acceptors (Lipinski definition) is 5. The summed E-state index contributed by atoms with van der Waals surface area (Å²) in [4.78, 5) is 13.7. The van der Waals surface area contributed by atoms with Crippen LogP contribution in [-0.4, -0.2) is 26.7 Å². The normalized spacial score (nSPS) is 9.43. The number of para-hydroxylation sites is 1. The van der Waals surface area contributed by atoms with E-state index in [0.717, 1.165) is 0 Å². The van der Waals surface area contributed by atoms with Crippen molar-refractivity contribution in [1.82, 2.24) is 20.6 Å². The first-order valence-electron chi connectivity index (χ1n) is 3.82. The fraction of sp³-hybridized carbons (Fsp3) is 0. The first-order valence-corrected chi connectivity index (χ1v) is 3.82. The molecular weight excluding hydrogens is 182 g/mol. The summed E-state index contributed by atoms with van der Waals surface area (Å²) in [6.45, 7) is 0. The Hall–Kier alpha value is -2.33. The van der Waals surface area contributed by atoms with Gasteiger partial charge in [-0.2, -0.15) is 10.2 Å². The number of hydrogen-bond donors (Lipinski definition) is 1. The summed E-state index contributed by atoms with van der Waals surface area (Å²) in [7, 11) is 0. The monoisotopic (exact) mass is 187 g/mol. The second-order valence-electron chi connectivity index (χ2n) is 2.46. The topological polar surface area (TPSA) is 83.9 Å². The maximum absolute atomic E-state index is 10.1. The summed E-state index contributed by atoms with van der Waals surface area (Å²) in [5, 5.41) is 13.3. The van der Waals surface area contributed by atoms with Crippen LogP contribution in [0.15, 0.2) is 29.3 Å². The van der Waals surface area contributed by atoms with E-state index in [2.05, 4.69) is 25.6 Å². The molecule has 14 heavy (non-hydrogen) atoms. The number of aliphatic imine (C=N–C) groups is 1. The number of nitrogens with zero attached hydrogens (tertiary/aromatic N) is 4. The van der Waals surface area contributed by atoms with E-state index < -0.39 is 0 Å². The van der Waals surface area contributed by atoms with E-state index in [4.69, 9.17) is 0 Å². The van der Waals surface area contributed by atoms with Crippen LogP contribution in [0.25, 0.3) is 11.4 Å². The van der Waals surface area contributed by atoms with E-state index >= 15 is 0 Å². The molecule has 0 spiro atoms. The van der Waals surface area contributed by atoms with Gasteiger partial charge in [0.25, 0.3) is 0 Å². The van der Waals surface area contributed by atoms with E-state index in [1.165, 1.54) is 6.08 Å². The lowest BCUT2D eigenvalue weighted by molar-refractivity contribution is 0.565. The smallest absolute Gasteiger partial charge is 0.211 e. The van der Waals surface area contributed by atoms with Gasteiger partial charge in [0.2, 0.25) is 11.9 Å². The number of carbonyl (C=O) groups excluding carboxylic acids is 1. The van der Waals surface area contributed by atoms with E-state index in [9.17, 15) is 4.79 Å². The Balaban J connectivity index is 2.57. The van der Waals surface area contributed by atoms with Crippen LogP contribution in [0.1, 0.15) is 0 Å². The molecule has 0 atom stereocenters. The highest BCUT2D eigenvalue weighted by molar-refractivity contribution is 5.72. The van der Waals surface area contributed by atoms with Crippen LogP contribution in [0.3, 0.4) is 0 Å². The lowest BCUT2D eigenvalue weighted by Crippen LogP contribution is -1.81. The van der Waals surface area contributed by atoms with Gasteiger partial charge in [-0.3, -0.25) is 0 Å². The minimum Gasteiger partial charge on any atom is -0.211 e. The minimum atomic E-state index is 0.402. The fourth-order valence-corrected chi connectivity index (χ4v) is 1.09. The Morgan fingerprint density at radius 1 is 1.36 bits per heavy atom. The highest BCUT2D eigenvalue weighted by atomic mass is 16.1. The first-order chi connectivity index (χ1) is 6.92. The zero-order valence-corrected chi connectivity index (χ0v) is 7.01. The summed E-state index contributed by atoms with van der Waals surface area (Å²) in [6.07, 6.45) is 1.48. The first kappa shape index (κ1) is 8.28. The summed E-state index contributed by atoms with van der Waals surface area (Å²) in [5.74, 6) is 0.402. The van der Waals surface area contributed by atoms with Crippen molar-refractivity contribution < 1.29 is 4.79 Å². The second kappa shape index (κ2) is 3.59.